The summed E-state index contributed by atoms with van der Waals surface area (Å²) in [5.41, 5.74) is -0.863. The Morgan fingerprint density at radius 1 is 1.14 bits per heavy atom. The summed E-state index contributed by atoms with van der Waals surface area (Å²) in [7, 11) is 3.97. The monoisotopic (exact) mass is 543 g/mol. The Morgan fingerprint density at radius 3 is 2.39 bits per heavy atom. The summed E-state index contributed by atoms with van der Waals surface area (Å²) in [5.74, 6) is 0.452. The number of ketones is 1. The van der Waals surface area contributed by atoms with Crippen molar-refractivity contribution in [2.24, 2.45) is 11.8 Å². The Hall–Kier alpha value is -1.65. The van der Waals surface area contributed by atoms with Crippen molar-refractivity contribution in [2.45, 2.75) is 95.0 Å². The highest BCUT2D eigenvalue weighted by atomic mass is 35.5. The lowest BCUT2D eigenvalue weighted by Gasteiger charge is -2.48. The summed E-state index contributed by atoms with van der Waals surface area (Å²) in [6, 6.07) is -0.783. The first-order valence-electron chi connectivity index (χ1n) is 13.0. The van der Waals surface area contributed by atoms with Gasteiger partial charge in [-0.1, -0.05) is 44.9 Å². The van der Waals surface area contributed by atoms with Gasteiger partial charge in [0.2, 0.25) is 18.1 Å². The van der Waals surface area contributed by atoms with E-state index in [1.807, 2.05) is 27.9 Å². The van der Waals surface area contributed by atoms with Crippen molar-refractivity contribution in [2.75, 3.05) is 26.4 Å². The molecule has 0 saturated heterocycles. The van der Waals surface area contributed by atoms with Crippen LogP contribution in [0.15, 0.2) is 9.64 Å². The van der Waals surface area contributed by atoms with Crippen LogP contribution in [0, 0.1) is 11.8 Å². The highest BCUT2D eigenvalue weighted by molar-refractivity contribution is 7.99. The second kappa shape index (κ2) is 14.3. The van der Waals surface area contributed by atoms with Gasteiger partial charge in [-0.3, -0.25) is 14.4 Å². The number of hydrogen-bond donors (Lipinski definition) is 1. The van der Waals surface area contributed by atoms with E-state index in [9.17, 15) is 14.4 Å². The molecule has 0 bridgehead atoms. The van der Waals surface area contributed by atoms with Crippen LogP contribution in [0.4, 0.5) is 0 Å². The molecular weight excluding hydrogens is 502 g/mol. The van der Waals surface area contributed by atoms with Crippen LogP contribution in [0.25, 0.3) is 0 Å². The maximum Gasteiger partial charge on any atom is 0.286 e. The van der Waals surface area contributed by atoms with E-state index in [2.05, 4.69) is 20.4 Å². The van der Waals surface area contributed by atoms with E-state index < -0.39 is 11.7 Å². The van der Waals surface area contributed by atoms with Gasteiger partial charge in [0.15, 0.2) is 0 Å². The fraction of sp³-hybridized carbons (Fsp3) is 0.800. The van der Waals surface area contributed by atoms with E-state index in [0.717, 1.165) is 63.7 Å². The fourth-order valence-electron chi connectivity index (χ4n) is 5.20. The van der Waals surface area contributed by atoms with Gasteiger partial charge in [-0.2, -0.15) is 0 Å². The van der Waals surface area contributed by atoms with Crippen LogP contribution in [-0.2, 0) is 9.59 Å². The van der Waals surface area contributed by atoms with Crippen molar-refractivity contribution in [1.82, 2.24) is 25.3 Å². The predicted octanol–water partition coefficient (Wildman–Crippen LogP) is 4.17. The minimum absolute atomic E-state index is 0. The zero-order chi connectivity index (χ0) is 25.4. The number of nitrogens with zero attached hydrogens (tertiary/aromatic N) is 4. The number of aromatic nitrogens is 2. The molecule has 1 atom stereocenters. The normalized spacial score (nSPS) is 18.6. The molecule has 1 N–H and O–H groups in total. The number of Topliss-reactive ketones (excluding diaryl/α,β-unsaturated/α-hetero) is 1. The molecule has 2 fully saturated rings. The number of carbonyl (C=O) groups is 3. The number of thioether (sulfide) groups is 1. The highest BCUT2D eigenvalue weighted by Crippen LogP contribution is 2.36. The Bertz CT molecular complexity index is 853. The predicted molar refractivity (Wildman–Crippen MR) is 142 cm³/mol. The van der Waals surface area contributed by atoms with E-state index in [-0.39, 0.29) is 41.8 Å². The number of halogens is 1. The van der Waals surface area contributed by atoms with Gasteiger partial charge in [0.05, 0.1) is 0 Å². The third-order valence-corrected chi connectivity index (χ3v) is 7.88. The number of hydrogen-bond acceptors (Lipinski definition) is 8. The molecule has 2 aliphatic rings. The maximum absolute atomic E-state index is 13.7. The molecule has 204 valence electrons. The third kappa shape index (κ3) is 7.92. The van der Waals surface area contributed by atoms with Gasteiger partial charge < -0.3 is 19.5 Å². The Labute approximate surface area is 225 Å². The molecule has 1 aromatic heterocycles. The molecule has 11 heteroatoms. The molecule has 0 aromatic carbocycles. The summed E-state index contributed by atoms with van der Waals surface area (Å²) in [5, 5.41) is 11.7. The van der Waals surface area contributed by atoms with Crippen molar-refractivity contribution in [3.8, 4) is 0 Å². The lowest BCUT2D eigenvalue weighted by molar-refractivity contribution is -0.139. The molecule has 2 saturated carbocycles. The lowest BCUT2D eigenvalue weighted by atomic mass is 9.84. The number of nitrogens with one attached hydrogen (secondary N) is 1. The van der Waals surface area contributed by atoms with Crippen LogP contribution in [-0.4, -0.2) is 76.2 Å². The smallest absolute Gasteiger partial charge is 0.286 e. The minimum Gasteiger partial charge on any atom is -0.408 e. The minimum atomic E-state index is -0.863. The van der Waals surface area contributed by atoms with Crippen LogP contribution >= 0.6 is 24.2 Å². The molecule has 0 aliphatic heterocycles. The van der Waals surface area contributed by atoms with Crippen molar-refractivity contribution in [3.05, 3.63) is 5.89 Å². The summed E-state index contributed by atoms with van der Waals surface area (Å²) >= 11 is 1.40. The van der Waals surface area contributed by atoms with Gasteiger partial charge in [0.25, 0.3) is 11.1 Å². The lowest BCUT2D eigenvalue weighted by Crippen LogP contribution is -2.66. The molecule has 1 heterocycles. The van der Waals surface area contributed by atoms with Crippen LogP contribution in [0.1, 0.15) is 88.7 Å². The van der Waals surface area contributed by atoms with Crippen LogP contribution in [0.5, 0.6) is 0 Å². The Kier molecular flexibility index (Phi) is 12.2. The van der Waals surface area contributed by atoms with Crippen molar-refractivity contribution < 1.29 is 18.8 Å². The second-order valence-electron chi connectivity index (χ2n) is 10.6. The van der Waals surface area contributed by atoms with Crippen LogP contribution < -0.4 is 5.32 Å². The van der Waals surface area contributed by atoms with E-state index >= 15 is 0 Å². The SMILES string of the molecule is CC(C)CC(C(=O)c1nnc(SCCN(C)C)o1)N(C=O)C1(NC(=O)C2CCCC2)CCCCC1.Cl. The second-order valence-corrected chi connectivity index (χ2v) is 11.7. The van der Waals surface area contributed by atoms with Gasteiger partial charge >= 0.3 is 0 Å². The van der Waals surface area contributed by atoms with Crippen LogP contribution in [0.2, 0.25) is 0 Å². The van der Waals surface area contributed by atoms with E-state index in [4.69, 9.17) is 4.42 Å². The standard InChI is InChI=1S/C25H41N5O4S.ClH/c1-18(2)16-20(21(32)23-27-28-24(34-23)35-15-14-29(3)4)30(17-31)25(12-8-5-9-13-25)26-22(33)19-10-6-7-11-19;/h17-20H,5-16H2,1-4H3,(H,26,33);1H. The molecule has 2 aliphatic carbocycles. The van der Waals surface area contributed by atoms with E-state index in [0.29, 0.717) is 24.5 Å². The molecule has 2 amide bonds. The Balaban J connectivity index is 0.00000456. The highest BCUT2D eigenvalue weighted by Gasteiger charge is 2.46. The molecule has 1 aromatic rings. The average Bonchev–Trinajstić information content (AvgIpc) is 3.51. The maximum atomic E-state index is 13.7. The molecule has 36 heavy (non-hydrogen) atoms. The summed E-state index contributed by atoms with van der Waals surface area (Å²) in [6.45, 7) is 4.88. The first-order chi connectivity index (χ1) is 16.8. The molecule has 1 unspecified atom stereocenters. The largest absolute Gasteiger partial charge is 0.408 e. The van der Waals surface area contributed by atoms with Gasteiger partial charge in [-0.25, -0.2) is 0 Å². The van der Waals surface area contributed by atoms with Crippen molar-refractivity contribution in [1.29, 1.82) is 0 Å². The third-order valence-electron chi connectivity index (χ3n) is 7.08. The van der Waals surface area contributed by atoms with Gasteiger partial charge in [0.1, 0.15) is 11.7 Å². The van der Waals surface area contributed by atoms with E-state index in [1.54, 1.807) is 4.90 Å². The van der Waals surface area contributed by atoms with Gasteiger partial charge in [-0.05, 0) is 65.0 Å². The van der Waals surface area contributed by atoms with Crippen molar-refractivity contribution >= 4 is 42.3 Å². The zero-order valence-corrected chi connectivity index (χ0v) is 23.7. The van der Waals surface area contributed by atoms with Gasteiger partial charge in [0, 0.05) is 18.2 Å². The molecular formula is C25H42ClN5O4S. The first-order valence-corrected chi connectivity index (χ1v) is 14.0. The van der Waals surface area contributed by atoms with Crippen molar-refractivity contribution in [3.63, 3.8) is 0 Å². The number of carbonyl (C=O) groups excluding carboxylic acids is 3. The van der Waals surface area contributed by atoms with Crippen LogP contribution in [0.3, 0.4) is 0 Å². The van der Waals surface area contributed by atoms with Gasteiger partial charge in [-0.15, -0.1) is 22.6 Å². The van der Waals surface area contributed by atoms with E-state index in [1.165, 1.54) is 11.8 Å². The molecule has 0 radical (unpaired) electrons. The zero-order valence-electron chi connectivity index (χ0n) is 22.0. The topological polar surface area (TPSA) is 109 Å². The average molecular weight is 544 g/mol. The molecule has 0 spiro atoms. The first kappa shape index (κ1) is 30.6. The molecule has 3 rings (SSSR count). The Morgan fingerprint density at radius 2 is 1.81 bits per heavy atom. The summed E-state index contributed by atoms with van der Waals surface area (Å²) in [4.78, 5) is 43.1. The molecule has 9 nitrogen and oxygen atoms in total. The summed E-state index contributed by atoms with van der Waals surface area (Å²) < 4.78 is 5.71. The number of amides is 2. The summed E-state index contributed by atoms with van der Waals surface area (Å²) in [6.07, 6.45) is 9.19. The quantitative estimate of drug-likeness (QED) is 0.171. The number of rotatable bonds is 13. The fourth-order valence-corrected chi connectivity index (χ4v) is 6.06.